The van der Waals surface area contributed by atoms with Gasteiger partial charge in [-0.3, -0.25) is 0 Å². The summed E-state index contributed by atoms with van der Waals surface area (Å²) in [5, 5.41) is 14.0. The van der Waals surface area contributed by atoms with E-state index in [1.807, 2.05) is 11.5 Å². The van der Waals surface area contributed by atoms with E-state index in [1.165, 1.54) is 19.4 Å². The van der Waals surface area contributed by atoms with Gasteiger partial charge in [0.25, 0.3) is 0 Å². The second kappa shape index (κ2) is 9.68. The fourth-order valence-electron chi connectivity index (χ4n) is 6.14. The quantitative estimate of drug-likeness (QED) is 0.479. The van der Waals surface area contributed by atoms with Crippen LogP contribution in [0.5, 0.6) is 5.75 Å². The van der Waals surface area contributed by atoms with Gasteiger partial charge in [-0.2, -0.15) is 0 Å². The fraction of sp³-hybridized carbons (Fsp3) is 0.538. The summed E-state index contributed by atoms with van der Waals surface area (Å²) in [4.78, 5) is 27.3. The second-order valence-electron chi connectivity index (χ2n) is 10.7. The van der Waals surface area contributed by atoms with Crippen LogP contribution in [-0.2, 0) is 14.2 Å². The number of amides is 1. The largest absolute Gasteiger partial charge is 0.488 e. The number of aliphatic hydroxyl groups excluding tert-OH is 1. The maximum atomic E-state index is 15.7. The van der Waals surface area contributed by atoms with E-state index in [0.29, 0.717) is 61.8 Å². The molecule has 2 N–H and O–H groups in total. The van der Waals surface area contributed by atoms with Crippen molar-refractivity contribution in [3.63, 3.8) is 0 Å². The highest BCUT2D eigenvalue weighted by molar-refractivity contribution is 6.33. The SMILES string of the molecule is COC(=O)N1CC[C@@H](c2nc3c(F)cc(-c4nc(N[C@@H]5C[C@H]6CO[C@H](O6)[C@H]5O)ncc4Cl)c4c3n2[C@@H](C)CO4)C1. The third-order valence-corrected chi connectivity index (χ3v) is 8.36. The molecule has 0 radical (unpaired) electrons. The summed E-state index contributed by atoms with van der Waals surface area (Å²) >= 11 is 6.55. The molecule has 7 rings (SSSR count). The first-order chi connectivity index (χ1) is 19.3. The molecule has 14 heteroatoms. The first-order valence-electron chi connectivity index (χ1n) is 13.3. The summed E-state index contributed by atoms with van der Waals surface area (Å²) in [7, 11) is 1.36. The van der Waals surface area contributed by atoms with Gasteiger partial charge in [-0.1, -0.05) is 11.6 Å². The van der Waals surface area contributed by atoms with Gasteiger partial charge in [0.15, 0.2) is 17.9 Å². The van der Waals surface area contributed by atoms with Gasteiger partial charge in [0, 0.05) is 24.6 Å². The van der Waals surface area contributed by atoms with Crippen molar-refractivity contribution in [2.24, 2.45) is 0 Å². The average Bonchev–Trinajstić information content (AvgIpc) is 3.69. The molecule has 3 fully saturated rings. The van der Waals surface area contributed by atoms with Gasteiger partial charge in [0.1, 0.15) is 29.6 Å². The molecule has 0 spiro atoms. The van der Waals surface area contributed by atoms with Gasteiger partial charge >= 0.3 is 6.09 Å². The molecule has 3 saturated heterocycles. The molecule has 0 aliphatic carbocycles. The number of ether oxygens (including phenoxy) is 4. The van der Waals surface area contributed by atoms with E-state index in [4.69, 9.17) is 35.5 Å². The highest BCUT2D eigenvalue weighted by atomic mass is 35.5. The summed E-state index contributed by atoms with van der Waals surface area (Å²) in [6, 6.07) is 0.828. The topological polar surface area (TPSA) is 133 Å². The third kappa shape index (κ3) is 4.06. The molecule has 2 bridgehead atoms. The molecule has 0 unspecified atom stereocenters. The van der Waals surface area contributed by atoms with Crippen LogP contribution in [-0.4, -0.2) is 93.6 Å². The summed E-state index contributed by atoms with van der Waals surface area (Å²) in [5.74, 6) is 0.749. The van der Waals surface area contributed by atoms with Crippen molar-refractivity contribution in [2.45, 2.75) is 56.3 Å². The minimum atomic E-state index is -0.903. The van der Waals surface area contributed by atoms with Crippen molar-refractivity contribution in [3.8, 4) is 17.0 Å². The van der Waals surface area contributed by atoms with Crippen LogP contribution in [0.2, 0.25) is 5.02 Å². The third-order valence-electron chi connectivity index (χ3n) is 8.09. The lowest BCUT2D eigenvalue weighted by Gasteiger charge is -2.32. The molecule has 212 valence electrons. The number of hydrogen-bond donors (Lipinski definition) is 2. The molecule has 2 aromatic heterocycles. The molecule has 4 aliphatic heterocycles. The predicted molar refractivity (Wildman–Crippen MR) is 140 cm³/mol. The summed E-state index contributed by atoms with van der Waals surface area (Å²) < 4.78 is 39.8. The van der Waals surface area contributed by atoms with E-state index >= 15 is 4.39 Å². The Balaban J connectivity index is 1.28. The Labute approximate surface area is 233 Å². The van der Waals surface area contributed by atoms with Gasteiger partial charge in [-0.25, -0.2) is 24.1 Å². The smallest absolute Gasteiger partial charge is 0.409 e. The van der Waals surface area contributed by atoms with E-state index in [-0.39, 0.29) is 46.3 Å². The van der Waals surface area contributed by atoms with Crippen LogP contribution < -0.4 is 10.1 Å². The van der Waals surface area contributed by atoms with Crippen LogP contribution >= 0.6 is 11.6 Å². The first-order valence-corrected chi connectivity index (χ1v) is 13.6. The molecule has 40 heavy (non-hydrogen) atoms. The summed E-state index contributed by atoms with van der Waals surface area (Å²) in [6.45, 7) is 3.71. The van der Waals surface area contributed by atoms with Crippen molar-refractivity contribution in [1.29, 1.82) is 0 Å². The Morgan fingerprint density at radius 2 is 2.17 bits per heavy atom. The van der Waals surface area contributed by atoms with Crippen LogP contribution in [0.1, 0.15) is 37.5 Å². The molecular weight excluding hydrogens is 547 g/mol. The van der Waals surface area contributed by atoms with Gasteiger partial charge in [-0.15, -0.1) is 0 Å². The van der Waals surface area contributed by atoms with E-state index in [2.05, 4.69) is 15.3 Å². The number of carbonyl (C=O) groups excluding carboxylic acids is 1. The van der Waals surface area contributed by atoms with Gasteiger partial charge in [0.05, 0.1) is 48.8 Å². The molecular formula is C26H28ClFN6O6. The zero-order valence-corrected chi connectivity index (χ0v) is 22.6. The van der Waals surface area contributed by atoms with E-state index in [1.54, 1.807) is 4.90 Å². The van der Waals surface area contributed by atoms with Crippen LogP contribution in [0.4, 0.5) is 15.1 Å². The second-order valence-corrected chi connectivity index (χ2v) is 11.1. The molecule has 12 nitrogen and oxygen atoms in total. The number of anilines is 1. The number of aromatic nitrogens is 4. The standard InChI is InChI=1S/C26H28ClFN6O6/c1-11-9-38-22-14(18-15(27)7-29-25(32-18)30-17-5-13-10-39-24(40-13)21(17)35)6-16(28)19-20(22)34(11)23(31-19)12-3-4-33(8-12)26(36)37-2/h6-7,11-13,17,21,24,35H,3-5,8-10H2,1-2H3,(H,29,30,32)/t11-,12+,13-,17+,21-,24+/m0/s1. The lowest BCUT2D eigenvalue weighted by atomic mass is 10.0. The van der Waals surface area contributed by atoms with Gasteiger partial charge < -0.3 is 38.8 Å². The number of aliphatic hydroxyl groups is 1. The minimum Gasteiger partial charge on any atom is -0.488 e. The maximum Gasteiger partial charge on any atom is 0.409 e. The van der Waals surface area contributed by atoms with Crippen molar-refractivity contribution in [1.82, 2.24) is 24.4 Å². The zero-order valence-electron chi connectivity index (χ0n) is 21.8. The van der Waals surface area contributed by atoms with Gasteiger partial charge in [-0.05, 0) is 25.8 Å². The summed E-state index contributed by atoms with van der Waals surface area (Å²) in [6.07, 6.45) is 0.525. The fourth-order valence-corrected chi connectivity index (χ4v) is 6.34. The Kier molecular flexibility index (Phi) is 6.22. The minimum absolute atomic E-state index is 0.0774. The molecule has 0 saturated carbocycles. The van der Waals surface area contributed by atoms with Crippen molar-refractivity contribution < 1.29 is 33.2 Å². The highest BCUT2D eigenvalue weighted by Crippen LogP contribution is 2.45. The number of imidazole rings is 1. The van der Waals surface area contributed by atoms with E-state index in [0.717, 1.165) is 0 Å². The van der Waals surface area contributed by atoms with Crippen LogP contribution in [0.15, 0.2) is 12.3 Å². The van der Waals surface area contributed by atoms with Crippen LogP contribution in [0.3, 0.4) is 0 Å². The Morgan fingerprint density at radius 1 is 1.32 bits per heavy atom. The number of methoxy groups -OCH3 is 1. The zero-order chi connectivity index (χ0) is 27.7. The number of halogens is 2. The number of fused-ring (bicyclic) bond motifs is 2. The Bertz CT molecular complexity index is 1500. The number of carbonyl (C=O) groups is 1. The summed E-state index contributed by atoms with van der Waals surface area (Å²) in [5.41, 5.74) is 1.38. The van der Waals surface area contributed by atoms with Crippen LogP contribution in [0.25, 0.3) is 22.3 Å². The van der Waals surface area contributed by atoms with Crippen LogP contribution in [0, 0.1) is 5.82 Å². The number of hydrogen-bond acceptors (Lipinski definition) is 10. The van der Waals surface area contributed by atoms with Gasteiger partial charge in [0.2, 0.25) is 5.95 Å². The number of nitrogens with one attached hydrogen (secondary N) is 1. The Morgan fingerprint density at radius 3 is 3.00 bits per heavy atom. The Hall–Kier alpha value is -3.26. The van der Waals surface area contributed by atoms with E-state index in [9.17, 15) is 9.90 Å². The average molecular weight is 575 g/mol. The molecule has 4 aliphatic rings. The lowest BCUT2D eigenvalue weighted by Crippen LogP contribution is -2.48. The molecule has 6 atom stereocenters. The molecule has 6 heterocycles. The normalized spacial score (nSPS) is 29.1. The number of benzene rings is 1. The van der Waals surface area contributed by atoms with Crippen molar-refractivity contribution >= 4 is 34.7 Å². The van der Waals surface area contributed by atoms with E-state index < -0.39 is 24.3 Å². The number of rotatable bonds is 4. The highest BCUT2D eigenvalue weighted by Gasteiger charge is 2.44. The monoisotopic (exact) mass is 574 g/mol. The van der Waals surface area contributed by atoms with Crippen molar-refractivity contribution in [2.75, 3.05) is 38.7 Å². The molecule has 3 aromatic rings. The number of likely N-dealkylation sites (tertiary alicyclic amines) is 1. The number of nitrogens with zero attached hydrogens (tertiary/aromatic N) is 5. The molecule has 1 aromatic carbocycles. The first kappa shape index (κ1) is 25.7. The maximum absolute atomic E-state index is 15.7. The lowest BCUT2D eigenvalue weighted by molar-refractivity contribution is -0.156. The van der Waals surface area contributed by atoms with Crippen molar-refractivity contribution in [3.05, 3.63) is 28.9 Å². The predicted octanol–water partition coefficient (Wildman–Crippen LogP) is 3.08. The molecule has 1 amide bonds.